The maximum atomic E-state index is 5.98. The van der Waals surface area contributed by atoms with E-state index >= 15 is 0 Å². The van der Waals surface area contributed by atoms with Crippen LogP contribution < -0.4 is 10.6 Å². The van der Waals surface area contributed by atoms with Crippen LogP contribution in [-0.4, -0.2) is 46.5 Å². The molecule has 3 aliphatic rings. The number of fused-ring (bicyclic) bond motifs is 2. The Morgan fingerprint density at radius 2 is 2.26 bits per heavy atom. The summed E-state index contributed by atoms with van der Waals surface area (Å²) in [5, 5.41) is 15.3. The minimum absolute atomic E-state index is 0.361. The molecule has 0 radical (unpaired) electrons. The SMILES string of the molecule is CN=C(NCc1nnc(C)n1C)NC1C2CCOC2C12CCC2. The zero-order valence-electron chi connectivity index (χ0n) is 14.2. The highest BCUT2D eigenvalue weighted by Gasteiger charge is 2.66. The molecule has 0 aromatic carbocycles. The Morgan fingerprint density at radius 3 is 2.87 bits per heavy atom. The first-order chi connectivity index (χ1) is 11.2. The molecule has 7 heteroatoms. The molecule has 2 aliphatic carbocycles. The summed E-state index contributed by atoms with van der Waals surface area (Å²) in [5.41, 5.74) is 0.361. The Balaban J connectivity index is 1.40. The van der Waals surface area contributed by atoms with Crippen LogP contribution in [0.25, 0.3) is 0 Å². The minimum atomic E-state index is 0.361. The highest BCUT2D eigenvalue weighted by molar-refractivity contribution is 5.80. The topological polar surface area (TPSA) is 76.4 Å². The molecule has 126 valence electrons. The first-order valence-electron chi connectivity index (χ1n) is 8.59. The number of guanidine groups is 1. The molecule has 4 rings (SSSR count). The summed E-state index contributed by atoms with van der Waals surface area (Å²) in [6.45, 7) is 3.50. The Bertz CT molecular complexity index is 620. The molecule has 1 aromatic heterocycles. The highest BCUT2D eigenvalue weighted by atomic mass is 16.5. The predicted octanol–water partition coefficient (Wildman–Crippen LogP) is 0.746. The van der Waals surface area contributed by atoms with Crippen molar-refractivity contribution in [1.82, 2.24) is 25.4 Å². The summed E-state index contributed by atoms with van der Waals surface area (Å²) >= 11 is 0. The molecule has 3 fully saturated rings. The maximum absolute atomic E-state index is 5.98. The lowest BCUT2D eigenvalue weighted by Gasteiger charge is -2.63. The molecule has 2 saturated carbocycles. The summed E-state index contributed by atoms with van der Waals surface area (Å²) < 4.78 is 7.98. The fraction of sp³-hybridized carbons (Fsp3) is 0.812. The van der Waals surface area contributed by atoms with E-state index in [0.717, 1.165) is 24.2 Å². The van der Waals surface area contributed by atoms with Crippen molar-refractivity contribution in [3.8, 4) is 0 Å². The molecule has 0 bridgehead atoms. The molecule has 3 unspecified atom stereocenters. The smallest absolute Gasteiger partial charge is 0.191 e. The molecule has 1 aliphatic heterocycles. The van der Waals surface area contributed by atoms with Crippen LogP contribution >= 0.6 is 0 Å². The average molecular weight is 318 g/mol. The van der Waals surface area contributed by atoms with Gasteiger partial charge in [0.05, 0.1) is 12.6 Å². The van der Waals surface area contributed by atoms with Crippen LogP contribution in [0.3, 0.4) is 0 Å². The van der Waals surface area contributed by atoms with Gasteiger partial charge in [0.25, 0.3) is 0 Å². The van der Waals surface area contributed by atoms with Gasteiger partial charge in [-0.1, -0.05) is 6.42 Å². The van der Waals surface area contributed by atoms with Gasteiger partial charge in [0, 0.05) is 38.1 Å². The number of hydrogen-bond acceptors (Lipinski definition) is 4. The zero-order valence-corrected chi connectivity index (χ0v) is 14.2. The lowest BCUT2D eigenvalue weighted by Crippen LogP contribution is -2.72. The van der Waals surface area contributed by atoms with Crippen molar-refractivity contribution in [3.63, 3.8) is 0 Å². The van der Waals surface area contributed by atoms with Gasteiger partial charge in [0.1, 0.15) is 5.82 Å². The standard InChI is InChI=1S/C16H26N6O/c1-10-20-21-12(22(10)3)9-18-15(17-2)19-13-11-5-8-23-14(11)16(13)6-4-7-16/h11,13-14H,4-9H2,1-3H3,(H2,17,18,19). The molecule has 1 aromatic rings. The van der Waals surface area contributed by atoms with Crippen molar-refractivity contribution in [2.45, 2.75) is 51.3 Å². The Hall–Kier alpha value is -1.63. The van der Waals surface area contributed by atoms with Gasteiger partial charge in [0.2, 0.25) is 0 Å². The summed E-state index contributed by atoms with van der Waals surface area (Å²) in [4.78, 5) is 4.40. The Labute approximate surface area is 136 Å². The van der Waals surface area contributed by atoms with Gasteiger partial charge >= 0.3 is 0 Å². The van der Waals surface area contributed by atoms with Gasteiger partial charge in [-0.15, -0.1) is 10.2 Å². The second kappa shape index (κ2) is 5.47. The van der Waals surface area contributed by atoms with Crippen LogP contribution in [-0.2, 0) is 18.3 Å². The number of aliphatic imine (C=N–C) groups is 1. The summed E-state index contributed by atoms with van der Waals surface area (Å²) in [7, 11) is 3.81. The number of nitrogens with one attached hydrogen (secondary N) is 2. The third-order valence-electron chi connectivity index (χ3n) is 6.15. The second-order valence-electron chi connectivity index (χ2n) is 7.10. The first kappa shape index (κ1) is 14.9. The summed E-state index contributed by atoms with van der Waals surface area (Å²) in [5.74, 6) is 3.33. The van der Waals surface area contributed by atoms with Gasteiger partial charge in [-0.25, -0.2) is 0 Å². The van der Waals surface area contributed by atoms with Crippen molar-refractivity contribution in [2.24, 2.45) is 23.4 Å². The van der Waals surface area contributed by atoms with E-state index in [-0.39, 0.29) is 0 Å². The fourth-order valence-electron chi connectivity index (χ4n) is 4.57. The van der Waals surface area contributed by atoms with E-state index in [1.807, 2.05) is 25.6 Å². The molecule has 2 heterocycles. The van der Waals surface area contributed by atoms with Gasteiger partial charge in [0.15, 0.2) is 11.8 Å². The van der Waals surface area contributed by atoms with E-state index in [2.05, 4.69) is 25.8 Å². The monoisotopic (exact) mass is 318 g/mol. The normalized spacial score (nSPS) is 31.4. The third-order valence-corrected chi connectivity index (χ3v) is 6.15. The largest absolute Gasteiger partial charge is 0.377 e. The summed E-state index contributed by atoms with van der Waals surface area (Å²) in [6.07, 6.45) is 5.54. The van der Waals surface area contributed by atoms with Crippen molar-refractivity contribution < 1.29 is 4.74 Å². The molecule has 7 nitrogen and oxygen atoms in total. The predicted molar refractivity (Wildman–Crippen MR) is 87.0 cm³/mol. The molecule has 3 atom stereocenters. The Morgan fingerprint density at radius 1 is 1.43 bits per heavy atom. The Kier molecular flexibility index (Phi) is 3.55. The van der Waals surface area contributed by atoms with Gasteiger partial charge < -0.3 is 19.9 Å². The quantitative estimate of drug-likeness (QED) is 0.635. The molecule has 2 N–H and O–H groups in total. The lowest BCUT2D eigenvalue weighted by atomic mass is 9.46. The number of hydrogen-bond donors (Lipinski definition) is 2. The molecule has 0 amide bonds. The van der Waals surface area contributed by atoms with Crippen molar-refractivity contribution in [1.29, 1.82) is 0 Å². The summed E-state index contributed by atoms with van der Waals surface area (Å²) in [6, 6.07) is 0.496. The van der Waals surface area contributed by atoms with Crippen LogP contribution in [0.1, 0.15) is 37.3 Å². The van der Waals surface area contributed by atoms with Crippen molar-refractivity contribution in [2.75, 3.05) is 13.7 Å². The number of rotatable bonds is 3. The second-order valence-corrected chi connectivity index (χ2v) is 7.10. The molecular formula is C16H26N6O. The van der Waals surface area contributed by atoms with E-state index in [4.69, 9.17) is 4.74 Å². The first-order valence-corrected chi connectivity index (χ1v) is 8.59. The van der Waals surface area contributed by atoms with Gasteiger partial charge in [-0.2, -0.15) is 0 Å². The van der Waals surface area contributed by atoms with Crippen LogP contribution in [0, 0.1) is 18.3 Å². The van der Waals surface area contributed by atoms with E-state index in [9.17, 15) is 0 Å². The van der Waals surface area contributed by atoms with Crippen molar-refractivity contribution in [3.05, 3.63) is 11.6 Å². The highest BCUT2D eigenvalue weighted by Crippen LogP contribution is 2.62. The molecule has 1 spiro atoms. The lowest BCUT2D eigenvalue weighted by molar-refractivity contribution is -0.171. The van der Waals surface area contributed by atoms with Crippen molar-refractivity contribution >= 4 is 5.96 Å². The molecule has 1 saturated heterocycles. The van der Waals surface area contributed by atoms with Gasteiger partial charge in [-0.05, 0) is 26.2 Å². The third kappa shape index (κ3) is 2.16. The van der Waals surface area contributed by atoms with E-state index < -0.39 is 0 Å². The number of ether oxygens (including phenoxy) is 1. The van der Waals surface area contributed by atoms with Gasteiger partial charge in [-0.3, -0.25) is 4.99 Å². The molecular weight excluding hydrogens is 292 g/mol. The maximum Gasteiger partial charge on any atom is 0.191 e. The fourth-order valence-corrected chi connectivity index (χ4v) is 4.57. The van der Waals surface area contributed by atoms with E-state index in [1.165, 1.54) is 25.7 Å². The van der Waals surface area contributed by atoms with Crippen LogP contribution in [0.4, 0.5) is 0 Å². The van der Waals surface area contributed by atoms with Crippen LogP contribution in [0.15, 0.2) is 4.99 Å². The molecule has 23 heavy (non-hydrogen) atoms. The van der Waals surface area contributed by atoms with E-state index in [0.29, 0.717) is 30.0 Å². The van der Waals surface area contributed by atoms with E-state index in [1.54, 1.807) is 0 Å². The van der Waals surface area contributed by atoms with Crippen LogP contribution in [0.5, 0.6) is 0 Å². The number of aryl methyl sites for hydroxylation is 1. The zero-order chi connectivity index (χ0) is 16.0. The minimum Gasteiger partial charge on any atom is -0.377 e. The average Bonchev–Trinajstić information content (AvgIpc) is 3.05. The number of aromatic nitrogens is 3. The number of nitrogens with zero attached hydrogens (tertiary/aromatic N) is 4. The van der Waals surface area contributed by atoms with Crippen LogP contribution in [0.2, 0.25) is 0 Å².